The van der Waals surface area contributed by atoms with E-state index in [1.54, 1.807) is 0 Å². The molecule has 1 heterocycles. The summed E-state index contributed by atoms with van der Waals surface area (Å²) in [6.07, 6.45) is 4.72. The van der Waals surface area contributed by atoms with Gasteiger partial charge in [-0.15, -0.1) is 0 Å². The van der Waals surface area contributed by atoms with Gasteiger partial charge in [-0.25, -0.2) is 4.79 Å². The van der Waals surface area contributed by atoms with Crippen molar-refractivity contribution in [2.24, 2.45) is 0 Å². The molecule has 0 aromatic heterocycles. The highest BCUT2D eigenvalue weighted by molar-refractivity contribution is 5.89. The second-order valence-electron chi connectivity index (χ2n) is 6.48. The van der Waals surface area contributed by atoms with E-state index in [0.717, 1.165) is 36.5 Å². The lowest BCUT2D eigenvalue weighted by molar-refractivity contribution is 0.234. The maximum atomic E-state index is 12.0. The lowest BCUT2D eigenvalue weighted by atomic mass is 10.1. The summed E-state index contributed by atoms with van der Waals surface area (Å²) in [4.78, 5) is 14.4. The molecule has 2 aromatic carbocycles. The van der Waals surface area contributed by atoms with Crippen LogP contribution in [0.3, 0.4) is 0 Å². The molecule has 2 aromatic rings. The Balaban J connectivity index is 1.45. The van der Waals surface area contributed by atoms with Crippen LogP contribution >= 0.6 is 0 Å². The second-order valence-corrected chi connectivity index (χ2v) is 6.48. The molecular weight excluding hydrogens is 326 g/mol. The van der Waals surface area contributed by atoms with E-state index in [2.05, 4.69) is 34.6 Å². The molecule has 3 rings (SSSR count). The molecule has 1 aliphatic rings. The van der Waals surface area contributed by atoms with E-state index in [0.29, 0.717) is 0 Å². The Labute approximate surface area is 155 Å². The summed E-state index contributed by atoms with van der Waals surface area (Å²) >= 11 is 0. The fourth-order valence-electron chi connectivity index (χ4n) is 3.20. The number of carbonyl (C=O) groups excluding carboxylic acids is 1. The minimum Gasteiger partial charge on any atom is -0.473 e. The molecule has 26 heavy (non-hydrogen) atoms. The number of nitrogens with one attached hydrogen (secondary N) is 2. The van der Waals surface area contributed by atoms with Gasteiger partial charge in [0, 0.05) is 24.5 Å². The van der Waals surface area contributed by atoms with Crippen molar-refractivity contribution in [3.63, 3.8) is 0 Å². The van der Waals surface area contributed by atoms with Crippen LogP contribution in [0.15, 0.2) is 48.5 Å². The first-order valence-electron chi connectivity index (χ1n) is 9.37. The van der Waals surface area contributed by atoms with E-state index < -0.39 is 0 Å². The van der Waals surface area contributed by atoms with Crippen molar-refractivity contribution in [3.8, 4) is 5.75 Å². The number of benzene rings is 2. The number of carbonyl (C=O) groups is 1. The molecular formula is C21H27N3O2. The van der Waals surface area contributed by atoms with Gasteiger partial charge < -0.3 is 20.3 Å². The molecule has 0 saturated carbocycles. The first kappa shape index (κ1) is 18.1. The highest BCUT2D eigenvalue weighted by Gasteiger charge is 2.11. The molecule has 1 aliphatic heterocycles. The van der Waals surface area contributed by atoms with Gasteiger partial charge in [0.2, 0.25) is 0 Å². The smallest absolute Gasteiger partial charge is 0.321 e. The lowest BCUT2D eigenvalue weighted by Crippen LogP contribution is -2.32. The Kier molecular flexibility index (Phi) is 6.36. The number of nitrogens with zero attached hydrogens (tertiary/aromatic N) is 1. The summed E-state index contributed by atoms with van der Waals surface area (Å²) in [5.41, 5.74) is 3.12. The van der Waals surface area contributed by atoms with Gasteiger partial charge in [-0.1, -0.05) is 25.1 Å². The molecule has 2 N–H and O–H groups in total. The molecule has 0 bridgehead atoms. The number of piperidine rings is 1. The maximum Gasteiger partial charge on any atom is 0.321 e. The Morgan fingerprint density at radius 2 is 1.77 bits per heavy atom. The van der Waals surface area contributed by atoms with Gasteiger partial charge in [0.25, 0.3) is 0 Å². The van der Waals surface area contributed by atoms with Crippen LogP contribution < -0.4 is 20.3 Å². The molecule has 0 atom stereocenters. The number of ether oxygens (including phenoxy) is 1. The van der Waals surface area contributed by atoms with Gasteiger partial charge >= 0.3 is 6.03 Å². The van der Waals surface area contributed by atoms with Crippen LogP contribution in [0, 0.1) is 0 Å². The number of para-hydroxylation sites is 1. The van der Waals surface area contributed by atoms with Crippen molar-refractivity contribution in [2.45, 2.75) is 32.6 Å². The second kappa shape index (κ2) is 9.13. The average molecular weight is 353 g/mol. The number of rotatable bonds is 6. The summed E-state index contributed by atoms with van der Waals surface area (Å²) in [6, 6.07) is 15.6. The number of urea groups is 1. The van der Waals surface area contributed by atoms with Crippen molar-refractivity contribution < 1.29 is 9.53 Å². The largest absolute Gasteiger partial charge is 0.473 e. The number of hydrogen-bond donors (Lipinski definition) is 2. The molecule has 0 radical (unpaired) electrons. The van der Waals surface area contributed by atoms with Gasteiger partial charge in [0.05, 0.1) is 0 Å². The normalized spacial score (nSPS) is 14.0. The zero-order valence-electron chi connectivity index (χ0n) is 15.3. The Hall–Kier alpha value is -2.69. The standard InChI is InChI=1S/C21H27N3O2/c1-2-17-8-4-5-9-20(17)26-16-22-21(25)23-18-10-12-19(13-11-18)24-14-6-3-7-15-24/h4-5,8-13H,2-3,6-7,14-16H2,1H3,(H2,22,23,25). The zero-order chi connectivity index (χ0) is 18.2. The van der Waals surface area contributed by atoms with E-state index in [9.17, 15) is 4.79 Å². The molecule has 138 valence electrons. The number of hydrogen-bond acceptors (Lipinski definition) is 3. The highest BCUT2D eigenvalue weighted by Crippen LogP contribution is 2.22. The Morgan fingerprint density at radius 1 is 1.04 bits per heavy atom. The van der Waals surface area contributed by atoms with Crippen LogP contribution in [-0.4, -0.2) is 25.9 Å². The highest BCUT2D eigenvalue weighted by atomic mass is 16.5. The van der Waals surface area contributed by atoms with Crippen LogP contribution in [0.4, 0.5) is 16.2 Å². The third-order valence-electron chi connectivity index (χ3n) is 4.66. The molecule has 0 spiro atoms. The predicted molar refractivity (Wildman–Crippen MR) is 106 cm³/mol. The molecule has 5 heteroatoms. The van der Waals surface area contributed by atoms with E-state index in [1.165, 1.54) is 24.9 Å². The lowest BCUT2D eigenvalue weighted by Gasteiger charge is -2.28. The van der Waals surface area contributed by atoms with Gasteiger partial charge in [0.1, 0.15) is 5.75 Å². The van der Waals surface area contributed by atoms with Crippen LogP contribution in [0.1, 0.15) is 31.7 Å². The van der Waals surface area contributed by atoms with Gasteiger partial charge in [-0.05, 0) is 61.6 Å². The molecule has 1 fully saturated rings. The third kappa shape index (κ3) is 4.91. The van der Waals surface area contributed by atoms with E-state index in [1.807, 2.05) is 36.4 Å². The zero-order valence-corrected chi connectivity index (χ0v) is 15.3. The first-order valence-corrected chi connectivity index (χ1v) is 9.37. The Morgan fingerprint density at radius 3 is 2.50 bits per heavy atom. The fraction of sp³-hybridized carbons (Fsp3) is 0.381. The number of aryl methyl sites for hydroxylation is 1. The van der Waals surface area contributed by atoms with E-state index in [-0.39, 0.29) is 12.8 Å². The topological polar surface area (TPSA) is 53.6 Å². The van der Waals surface area contributed by atoms with Gasteiger partial charge in [-0.2, -0.15) is 0 Å². The monoisotopic (exact) mass is 353 g/mol. The summed E-state index contributed by atoms with van der Waals surface area (Å²) in [5.74, 6) is 0.807. The van der Waals surface area contributed by atoms with Crippen molar-refractivity contribution in [2.75, 3.05) is 30.0 Å². The van der Waals surface area contributed by atoms with E-state index in [4.69, 9.17) is 4.74 Å². The summed E-state index contributed by atoms with van der Waals surface area (Å²) in [6.45, 7) is 4.44. The number of anilines is 2. The minimum atomic E-state index is -0.273. The average Bonchev–Trinajstić information content (AvgIpc) is 2.69. The van der Waals surface area contributed by atoms with Crippen molar-refractivity contribution >= 4 is 17.4 Å². The van der Waals surface area contributed by atoms with Crippen LogP contribution in [0.5, 0.6) is 5.75 Å². The quantitative estimate of drug-likeness (QED) is 0.757. The maximum absolute atomic E-state index is 12.0. The van der Waals surface area contributed by atoms with Crippen molar-refractivity contribution in [1.82, 2.24) is 5.32 Å². The van der Waals surface area contributed by atoms with Gasteiger partial charge in [-0.3, -0.25) is 0 Å². The fourth-order valence-corrected chi connectivity index (χ4v) is 3.20. The van der Waals surface area contributed by atoms with Crippen molar-refractivity contribution in [3.05, 3.63) is 54.1 Å². The van der Waals surface area contributed by atoms with Crippen molar-refractivity contribution in [1.29, 1.82) is 0 Å². The first-order chi connectivity index (χ1) is 12.8. The predicted octanol–water partition coefficient (Wildman–Crippen LogP) is 4.40. The van der Waals surface area contributed by atoms with Crippen LogP contribution in [0.2, 0.25) is 0 Å². The Bertz CT molecular complexity index is 709. The van der Waals surface area contributed by atoms with Crippen LogP contribution in [-0.2, 0) is 6.42 Å². The minimum absolute atomic E-state index is 0.134. The van der Waals surface area contributed by atoms with Gasteiger partial charge in [0.15, 0.2) is 6.73 Å². The van der Waals surface area contributed by atoms with Crippen LogP contribution in [0.25, 0.3) is 0 Å². The SMILES string of the molecule is CCc1ccccc1OCNC(=O)Nc1ccc(N2CCCCC2)cc1. The molecule has 0 aliphatic carbocycles. The molecule has 5 nitrogen and oxygen atoms in total. The third-order valence-corrected chi connectivity index (χ3v) is 4.66. The molecule has 1 saturated heterocycles. The summed E-state index contributed by atoms with van der Waals surface area (Å²) in [7, 11) is 0. The molecule has 0 unspecified atom stereocenters. The number of amides is 2. The summed E-state index contributed by atoms with van der Waals surface area (Å²) in [5, 5.41) is 5.56. The van der Waals surface area contributed by atoms with E-state index >= 15 is 0 Å². The molecule has 2 amide bonds. The summed E-state index contributed by atoms with van der Waals surface area (Å²) < 4.78 is 5.66.